The number of hydrogen-bond donors (Lipinski definition) is 0. The summed E-state index contributed by atoms with van der Waals surface area (Å²) in [7, 11) is 0. The molecule has 0 aliphatic carbocycles. The van der Waals surface area contributed by atoms with Crippen LogP contribution in [0.3, 0.4) is 0 Å². The summed E-state index contributed by atoms with van der Waals surface area (Å²) in [5.74, 6) is 1.12. The first kappa shape index (κ1) is 9.94. The highest BCUT2D eigenvalue weighted by Crippen LogP contribution is 2.09. The highest BCUT2D eigenvalue weighted by atomic mass is 35.5. The van der Waals surface area contributed by atoms with Gasteiger partial charge in [-0.3, -0.25) is 0 Å². The third kappa shape index (κ3) is 3.51. The van der Waals surface area contributed by atoms with Gasteiger partial charge in [0, 0.05) is 0 Å². The summed E-state index contributed by atoms with van der Waals surface area (Å²) in [6, 6.07) is 8.68. The van der Waals surface area contributed by atoms with Crippen molar-refractivity contribution in [1.82, 2.24) is 0 Å². The molecule has 0 nitrogen and oxygen atoms in total. The Kier molecular flexibility index (Phi) is 4.55. The maximum atomic E-state index is 5.56. The lowest BCUT2D eigenvalue weighted by atomic mass is 10.1. The van der Waals surface area contributed by atoms with Crippen LogP contribution in [0.25, 0.3) is 0 Å². The molecular weight excluding hydrogens is 188 g/mol. The molecule has 0 saturated carbocycles. The maximum absolute atomic E-state index is 5.56. The number of thioether (sulfide) groups is 1. The Bertz CT molecular complexity index is 218. The van der Waals surface area contributed by atoms with Crippen molar-refractivity contribution in [3.63, 3.8) is 0 Å². The second-order valence-electron chi connectivity index (χ2n) is 2.75. The fourth-order valence-electron chi connectivity index (χ4n) is 0.999. The second kappa shape index (κ2) is 5.50. The monoisotopic (exact) mass is 200 g/mol. The minimum absolute atomic E-state index is 0.700. The van der Waals surface area contributed by atoms with Gasteiger partial charge >= 0.3 is 0 Å². The zero-order valence-corrected chi connectivity index (χ0v) is 8.79. The smallest absolute Gasteiger partial charge is 0.0680 e. The van der Waals surface area contributed by atoms with E-state index in [1.807, 2.05) is 0 Å². The predicted octanol–water partition coefficient (Wildman–Crippen LogP) is 3.47. The largest absolute Gasteiger partial charge is 0.145 e. The molecule has 0 heterocycles. The first-order valence-corrected chi connectivity index (χ1v) is 5.71. The summed E-state index contributed by atoms with van der Waals surface area (Å²) < 4.78 is 0. The summed E-state index contributed by atoms with van der Waals surface area (Å²) in [6.45, 7) is 2.11. The van der Waals surface area contributed by atoms with Gasteiger partial charge in [-0.25, -0.2) is 0 Å². The van der Waals surface area contributed by atoms with Crippen LogP contribution in [0.5, 0.6) is 0 Å². The SMILES string of the molecule is Cc1ccc(CCSCCl)cc1. The van der Waals surface area contributed by atoms with Crippen LogP contribution in [0, 0.1) is 6.92 Å². The van der Waals surface area contributed by atoms with Crippen molar-refractivity contribution in [3.05, 3.63) is 35.4 Å². The minimum Gasteiger partial charge on any atom is -0.145 e. The average Bonchev–Trinajstić information content (AvgIpc) is 2.09. The molecule has 66 valence electrons. The van der Waals surface area contributed by atoms with Crippen molar-refractivity contribution < 1.29 is 0 Å². The van der Waals surface area contributed by atoms with E-state index in [1.54, 1.807) is 11.8 Å². The molecule has 1 aromatic carbocycles. The fraction of sp³-hybridized carbons (Fsp3) is 0.400. The molecule has 12 heavy (non-hydrogen) atoms. The molecule has 0 bridgehead atoms. The minimum atomic E-state index is 0.700. The van der Waals surface area contributed by atoms with E-state index in [9.17, 15) is 0 Å². The molecule has 0 atom stereocenters. The van der Waals surface area contributed by atoms with E-state index in [0.29, 0.717) is 5.21 Å². The Balaban J connectivity index is 2.37. The number of halogens is 1. The summed E-state index contributed by atoms with van der Waals surface area (Å²) in [6.07, 6.45) is 1.12. The van der Waals surface area contributed by atoms with Crippen molar-refractivity contribution in [2.24, 2.45) is 0 Å². The van der Waals surface area contributed by atoms with E-state index >= 15 is 0 Å². The molecule has 0 N–H and O–H groups in total. The molecule has 0 aliphatic rings. The fourth-order valence-corrected chi connectivity index (χ4v) is 1.82. The summed E-state index contributed by atoms with van der Waals surface area (Å²) in [5, 5.41) is 0.700. The average molecular weight is 201 g/mol. The van der Waals surface area contributed by atoms with E-state index in [1.165, 1.54) is 11.1 Å². The second-order valence-corrected chi connectivity index (χ2v) is 4.44. The van der Waals surface area contributed by atoms with Crippen LogP contribution < -0.4 is 0 Å². The first-order valence-electron chi connectivity index (χ1n) is 4.02. The normalized spacial score (nSPS) is 10.2. The topological polar surface area (TPSA) is 0 Å². The van der Waals surface area contributed by atoms with E-state index in [0.717, 1.165) is 12.2 Å². The zero-order chi connectivity index (χ0) is 8.81. The van der Waals surface area contributed by atoms with Crippen molar-refractivity contribution in [1.29, 1.82) is 0 Å². The number of benzene rings is 1. The number of alkyl halides is 1. The van der Waals surface area contributed by atoms with Gasteiger partial charge in [0.05, 0.1) is 5.21 Å². The molecular formula is C10H13ClS. The predicted molar refractivity (Wildman–Crippen MR) is 58.1 cm³/mol. The van der Waals surface area contributed by atoms with Crippen LogP contribution in [0.2, 0.25) is 0 Å². The zero-order valence-electron chi connectivity index (χ0n) is 7.22. The Hall–Kier alpha value is -0.140. The van der Waals surface area contributed by atoms with Gasteiger partial charge in [-0.2, -0.15) is 0 Å². The number of aryl methyl sites for hydroxylation is 2. The molecule has 0 fully saturated rings. The van der Waals surface area contributed by atoms with Crippen LogP contribution >= 0.6 is 23.4 Å². The van der Waals surface area contributed by atoms with Crippen molar-refractivity contribution in [3.8, 4) is 0 Å². The standard InChI is InChI=1S/C10H13ClS/c1-9-2-4-10(5-3-9)6-7-12-8-11/h2-5H,6-8H2,1H3. The lowest BCUT2D eigenvalue weighted by Crippen LogP contribution is -1.87. The van der Waals surface area contributed by atoms with Gasteiger partial charge in [0.15, 0.2) is 0 Å². The van der Waals surface area contributed by atoms with Gasteiger partial charge in [0.1, 0.15) is 0 Å². The highest BCUT2D eigenvalue weighted by Gasteiger charge is 1.91. The van der Waals surface area contributed by atoms with E-state index < -0.39 is 0 Å². The van der Waals surface area contributed by atoms with Crippen LogP contribution in [0.15, 0.2) is 24.3 Å². The third-order valence-electron chi connectivity index (χ3n) is 1.73. The summed E-state index contributed by atoms with van der Waals surface area (Å²) in [4.78, 5) is 0. The summed E-state index contributed by atoms with van der Waals surface area (Å²) in [5.41, 5.74) is 2.72. The van der Waals surface area contributed by atoms with Crippen LogP contribution in [0.4, 0.5) is 0 Å². The Morgan fingerprint density at radius 1 is 1.25 bits per heavy atom. The van der Waals surface area contributed by atoms with E-state index in [2.05, 4.69) is 31.2 Å². The maximum Gasteiger partial charge on any atom is 0.0680 e. The number of rotatable bonds is 4. The molecule has 0 radical (unpaired) electrons. The molecule has 0 unspecified atom stereocenters. The lowest BCUT2D eigenvalue weighted by molar-refractivity contribution is 1.15. The third-order valence-corrected chi connectivity index (χ3v) is 2.84. The quantitative estimate of drug-likeness (QED) is 0.530. The van der Waals surface area contributed by atoms with Crippen molar-refractivity contribution >= 4 is 23.4 Å². The van der Waals surface area contributed by atoms with Gasteiger partial charge in [-0.05, 0) is 24.7 Å². The van der Waals surface area contributed by atoms with Gasteiger partial charge in [0.2, 0.25) is 0 Å². The van der Waals surface area contributed by atoms with Crippen molar-refractivity contribution in [2.75, 3.05) is 11.0 Å². The first-order chi connectivity index (χ1) is 5.83. The van der Waals surface area contributed by atoms with Gasteiger partial charge in [-0.15, -0.1) is 23.4 Å². The van der Waals surface area contributed by atoms with Crippen molar-refractivity contribution in [2.45, 2.75) is 13.3 Å². The van der Waals surface area contributed by atoms with Gasteiger partial charge in [-0.1, -0.05) is 29.8 Å². The lowest BCUT2D eigenvalue weighted by Gasteiger charge is -1.99. The van der Waals surface area contributed by atoms with Crippen LogP contribution in [-0.2, 0) is 6.42 Å². The molecule has 0 saturated heterocycles. The number of hydrogen-bond acceptors (Lipinski definition) is 1. The molecule has 0 amide bonds. The Morgan fingerprint density at radius 3 is 2.50 bits per heavy atom. The Morgan fingerprint density at radius 2 is 1.92 bits per heavy atom. The van der Waals surface area contributed by atoms with E-state index in [4.69, 9.17) is 11.6 Å². The van der Waals surface area contributed by atoms with E-state index in [-0.39, 0.29) is 0 Å². The molecule has 0 aliphatic heterocycles. The Labute approximate surface area is 83.3 Å². The van der Waals surface area contributed by atoms with Crippen LogP contribution in [0.1, 0.15) is 11.1 Å². The molecule has 2 heteroatoms. The van der Waals surface area contributed by atoms with Crippen LogP contribution in [-0.4, -0.2) is 11.0 Å². The molecule has 1 rings (SSSR count). The molecule has 0 spiro atoms. The summed E-state index contributed by atoms with van der Waals surface area (Å²) >= 11 is 7.33. The molecule has 0 aromatic heterocycles. The highest BCUT2D eigenvalue weighted by molar-refractivity contribution is 8.00. The van der Waals surface area contributed by atoms with Gasteiger partial charge in [0.25, 0.3) is 0 Å². The molecule has 1 aromatic rings. The van der Waals surface area contributed by atoms with Gasteiger partial charge < -0.3 is 0 Å².